The summed E-state index contributed by atoms with van der Waals surface area (Å²) >= 11 is 6.15. The predicted octanol–water partition coefficient (Wildman–Crippen LogP) is 1.35. The molecule has 1 unspecified atom stereocenters. The molecule has 2 heterocycles. The highest BCUT2D eigenvalue weighted by Gasteiger charge is 2.23. The Labute approximate surface area is 98.2 Å². The molecule has 6 heteroatoms. The SMILES string of the molecule is NC(CC(=O)O)c1nc2n(c1Cl)CCCC2. The van der Waals surface area contributed by atoms with Gasteiger partial charge in [-0.05, 0) is 12.8 Å². The van der Waals surface area contributed by atoms with E-state index in [-0.39, 0.29) is 6.42 Å². The summed E-state index contributed by atoms with van der Waals surface area (Å²) in [6.07, 6.45) is 2.92. The van der Waals surface area contributed by atoms with Gasteiger partial charge in [0.2, 0.25) is 0 Å². The van der Waals surface area contributed by atoms with Gasteiger partial charge in [0.1, 0.15) is 11.0 Å². The van der Waals surface area contributed by atoms with Crippen molar-refractivity contribution in [1.82, 2.24) is 9.55 Å². The molecule has 0 amide bonds. The molecule has 0 aliphatic carbocycles. The molecule has 0 saturated carbocycles. The number of hydrogen-bond donors (Lipinski definition) is 2. The summed E-state index contributed by atoms with van der Waals surface area (Å²) in [6, 6.07) is -0.622. The summed E-state index contributed by atoms with van der Waals surface area (Å²) < 4.78 is 1.93. The van der Waals surface area contributed by atoms with E-state index in [4.69, 9.17) is 22.4 Å². The van der Waals surface area contributed by atoms with Crippen LogP contribution in [-0.4, -0.2) is 20.6 Å². The lowest BCUT2D eigenvalue weighted by molar-refractivity contribution is -0.137. The van der Waals surface area contributed by atoms with Crippen molar-refractivity contribution in [2.75, 3.05) is 0 Å². The zero-order valence-electron chi connectivity index (χ0n) is 8.82. The quantitative estimate of drug-likeness (QED) is 0.840. The molecule has 88 valence electrons. The number of halogens is 1. The monoisotopic (exact) mass is 243 g/mol. The van der Waals surface area contributed by atoms with Gasteiger partial charge in [-0.1, -0.05) is 11.6 Å². The molecular formula is C10H14ClN3O2. The summed E-state index contributed by atoms with van der Waals surface area (Å²) in [5.41, 5.74) is 6.28. The maximum atomic E-state index is 10.6. The Bertz CT molecular complexity index is 416. The number of aryl methyl sites for hydroxylation is 1. The normalized spacial score (nSPS) is 16.9. The number of nitrogens with two attached hydrogens (primary N) is 1. The van der Waals surface area contributed by atoms with Crippen LogP contribution in [0.2, 0.25) is 5.15 Å². The lowest BCUT2D eigenvalue weighted by Crippen LogP contribution is -2.16. The zero-order chi connectivity index (χ0) is 11.7. The third-order valence-electron chi connectivity index (χ3n) is 2.79. The average Bonchev–Trinajstić information content (AvgIpc) is 2.56. The molecule has 1 aliphatic rings. The lowest BCUT2D eigenvalue weighted by atomic mass is 10.2. The molecular weight excluding hydrogens is 230 g/mol. The van der Waals surface area contributed by atoms with Crippen LogP contribution in [0.25, 0.3) is 0 Å². The molecule has 1 aliphatic heterocycles. The molecule has 2 rings (SSSR count). The molecule has 16 heavy (non-hydrogen) atoms. The van der Waals surface area contributed by atoms with Gasteiger partial charge >= 0.3 is 5.97 Å². The maximum absolute atomic E-state index is 10.6. The van der Waals surface area contributed by atoms with Crippen molar-refractivity contribution < 1.29 is 9.90 Å². The Kier molecular flexibility index (Phi) is 3.16. The van der Waals surface area contributed by atoms with E-state index in [0.29, 0.717) is 10.8 Å². The van der Waals surface area contributed by atoms with Gasteiger partial charge in [-0.25, -0.2) is 4.98 Å². The van der Waals surface area contributed by atoms with Gasteiger partial charge in [0.25, 0.3) is 0 Å². The summed E-state index contributed by atoms with van der Waals surface area (Å²) in [4.78, 5) is 14.9. The molecule has 5 nitrogen and oxygen atoms in total. The summed E-state index contributed by atoms with van der Waals surface area (Å²) in [5.74, 6) is -0.0124. The minimum absolute atomic E-state index is 0.143. The average molecular weight is 244 g/mol. The molecule has 0 radical (unpaired) electrons. The Morgan fingerprint density at radius 2 is 2.38 bits per heavy atom. The predicted molar refractivity (Wildman–Crippen MR) is 59.4 cm³/mol. The van der Waals surface area contributed by atoms with E-state index in [0.717, 1.165) is 31.6 Å². The van der Waals surface area contributed by atoms with Crippen LogP contribution in [0.15, 0.2) is 0 Å². The maximum Gasteiger partial charge on any atom is 0.305 e. The summed E-state index contributed by atoms with van der Waals surface area (Å²) in [6.45, 7) is 0.848. The second kappa shape index (κ2) is 4.43. The van der Waals surface area contributed by atoms with Crippen LogP contribution in [0.5, 0.6) is 0 Å². The number of imidazole rings is 1. The summed E-state index contributed by atoms with van der Waals surface area (Å²) in [7, 11) is 0. The largest absolute Gasteiger partial charge is 0.481 e. The third-order valence-corrected chi connectivity index (χ3v) is 3.18. The molecule has 0 spiro atoms. The molecule has 0 fully saturated rings. The van der Waals surface area contributed by atoms with Crippen LogP contribution in [0.3, 0.4) is 0 Å². The Balaban J connectivity index is 2.27. The van der Waals surface area contributed by atoms with E-state index in [1.54, 1.807) is 0 Å². The molecule has 0 aromatic carbocycles. The van der Waals surface area contributed by atoms with Crippen molar-refractivity contribution in [3.05, 3.63) is 16.7 Å². The van der Waals surface area contributed by atoms with E-state index in [1.807, 2.05) is 4.57 Å². The van der Waals surface area contributed by atoms with Crippen LogP contribution in [0.4, 0.5) is 0 Å². The molecule has 1 atom stereocenters. The fraction of sp³-hybridized carbons (Fsp3) is 0.600. The molecule has 1 aromatic heterocycles. The number of hydrogen-bond acceptors (Lipinski definition) is 3. The first-order chi connectivity index (χ1) is 7.59. The zero-order valence-corrected chi connectivity index (χ0v) is 9.57. The third kappa shape index (κ3) is 2.05. The van der Waals surface area contributed by atoms with Crippen molar-refractivity contribution in [2.45, 2.75) is 38.3 Å². The van der Waals surface area contributed by atoms with Gasteiger partial charge in [0.05, 0.1) is 18.2 Å². The number of aliphatic carboxylic acids is 1. The first-order valence-electron chi connectivity index (χ1n) is 5.31. The van der Waals surface area contributed by atoms with Crippen LogP contribution in [0, 0.1) is 0 Å². The second-order valence-electron chi connectivity index (χ2n) is 4.02. The van der Waals surface area contributed by atoms with Crippen LogP contribution >= 0.6 is 11.6 Å². The molecule has 0 bridgehead atoms. The van der Waals surface area contributed by atoms with Crippen LogP contribution in [0.1, 0.15) is 36.8 Å². The number of carbonyl (C=O) groups is 1. The number of carboxylic acids is 1. The van der Waals surface area contributed by atoms with Crippen molar-refractivity contribution in [3.63, 3.8) is 0 Å². The first kappa shape index (κ1) is 11.4. The van der Waals surface area contributed by atoms with Crippen molar-refractivity contribution in [3.8, 4) is 0 Å². The Hall–Kier alpha value is -1.07. The van der Waals surface area contributed by atoms with Crippen LogP contribution < -0.4 is 5.73 Å². The van der Waals surface area contributed by atoms with E-state index >= 15 is 0 Å². The number of carboxylic acid groups (broad SMARTS) is 1. The molecule has 0 saturated heterocycles. The van der Waals surface area contributed by atoms with Crippen molar-refractivity contribution in [1.29, 1.82) is 0 Å². The van der Waals surface area contributed by atoms with Crippen molar-refractivity contribution >= 4 is 17.6 Å². The summed E-state index contributed by atoms with van der Waals surface area (Å²) in [5, 5.41) is 9.18. The van der Waals surface area contributed by atoms with Crippen LogP contribution in [-0.2, 0) is 17.8 Å². The lowest BCUT2D eigenvalue weighted by Gasteiger charge is -2.13. The van der Waals surface area contributed by atoms with E-state index in [9.17, 15) is 4.79 Å². The smallest absolute Gasteiger partial charge is 0.305 e. The highest BCUT2D eigenvalue weighted by Crippen LogP contribution is 2.28. The molecule has 1 aromatic rings. The number of rotatable bonds is 3. The van der Waals surface area contributed by atoms with Gasteiger partial charge < -0.3 is 15.4 Å². The number of nitrogens with zero attached hydrogens (tertiary/aromatic N) is 2. The fourth-order valence-corrected chi connectivity index (χ4v) is 2.35. The highest BCUT2D eigenvalue weighted by molar-refractivity contribution is 6.30. The van der Waals surface area contributed by atoms with Gasteiger partial charge in [0.15, 0.2) is 0 Å². The van der Waals surface area contributed by atoms with Gasteiger partial charge in [-0.2, -0.15) is 0 Å². The number of aromatic nitrogens is 2. The first-order valence-corrected chi connectivity index (χ1v) is 5.69. The van der Waals surface area contributed by atoms with E-state index < -0.39 is 12.0 Å². The second-order valence-corrected chi connectivity index (χ2v) is 4.38. The van der Waals surface area contributed by atoms with Crippen molar-refractivity contribution in [2.24, 2.45) is 5.73 Å². The van der Waals surface area contributed by atoms with Gasteiger partial charge in [0, 0.05) is 13.0 Å². The minimum atomic E-state index is -0.936. The fourth-order valence-electron chi connectivity index (χ4n) is 1.99. The topological polar surface area (TPSA) is 81.1 Å². The Morgan fingerprint density at radius 3 is 3.00 bits per heavy atom. The van der Waals surface area contributed by atoms with E-state index in [2.05, 4.69) is 4.98 Å². The standard InChI is InChI=1S/C10H14ClN3O2/c11-10-9(6(12)5-8(15)16)13-7-3-1-2-4-14(7)10/h6H,1-5,12H2,(H,15,16). The number of fused-ring (bicyclic) bond motifs is 1. The molecule has 3 N–H and O–H groups in total. The van der Waals surface area contributed by atoms with E-state index in [1.165, 1.54) is 0 Å². The van der Waals surface area contributed by atoms with Gasteiger partial charge in [-0.3, -0.25) is 4.79 Å². The minimum Gasteiger partial charge on any atom is -0.481 e. The Morgan fingerprint density at radius 1 is 1.62 bits per heavy atom. The highest BCUT2D eigenvalue weighted by atomic mass is 35.5. The van der Waals surface area contributed by atoms with Gasteiger partial charge in [-0.15, -0.1) is 0 Å².